The van der Waals surface area contributed by atoms with E-state index in [1.165, 1.54) is 0 Å². The Balaban J connectivity index is 2.26. The minimum Gasteiger partial charge on any atom is -0.370 e. The Labute approximate surface area is 185 Å². The molecule has 0 bridgehead atoms. The van der Waals surface area contributed by atoms with E-state index in [1.807, 2.05) is 59.0 Å². The normalized spacial score (nSPS) is 14.1. The van der Waals surface area contributed by atoms with E-state index in [9.17, 15) is 9.59 Å². The first-order valence-corrected chi connectivity index (χ1v) is 11.1. The summed E-state index contributed by atoms with van der Waals surface area (Å²) in [6.45, 7) is 9.96. The van der Waals surface area contributed by atoms with Gasteiger partial charge in [0, 0.05) is 51.8 Å². The number of Topliss-reactive ketones (excluding diaryl/α,β-unsaturated/α-hetero) is 1. The Morgan fingerprint density at radius 3 is 2.47 bits per heavy atom. The molecule has 0 spiro atoms. The molecular formula is C24H35N3O2S. The maximum absolute atomic E-state index is 13.3. The second-order valence-electron chi connectivity index (χ2n) is 9.42. The first-order valence-electron chi connectivity index (χ1n) is 10.7. The lowest BCUT2D eigenvalue weighted by Crippen LogP contribution is -2.42. The highest BCUT2D eigenvalue weighted by molar-refractivity contribution is 7.80. The first kappa shape index (κ1) is 24.2. The second-order valence-corrected chi connectivity index (χ2v) is 9.95. The van der Waals surface area contributed by atoms with Crippen molar-refractivity contribution in [3.8, 4) is 0 Å². The fraction of sp³-hybridized carbons (Fsp3) is 0.542. The summed E-state index contributed by atoms with van der Waals surface area (Å²) in [5, 5.41) is 4.58. The van der Waals surface area contributed by atoms with Gasteiger partial charge in [0.1, 0.15) is 5.78 Å². The topological polar surface area (TPSA) is 88.0 Å². The van der Waals surface area contributed by atoms with Crippen LogP contribution in [0.15, 0.2) is 30.5 Å². The molecule has 164 valence electrons. The van der Waals surface area contributed by atoms with Crippen LogP contribution in [0.4, 0.5) is 0 Å². The number of benzene rings is 1. The van der Waals surface area contributed by atoms with Gasteiger partial charge in [-0.2, -0.15) is 0 Å². The van der Waals surface area contributed by atoms with E-state index in [0.29, 0.717) is 19.3 Å². The van der Waals surface area contributed by atoms with Crippen LogP contribution in [-0.4, -0.2) is 33.6 Å². The zero-order valence-corrected chi connectivity index (χ0v) is 19.6. The van der Waals surface area contributed by atoms with Crippen LogP contribution in [0.1, 0.15) is 59.4 Å². The standard InChI is InChI=1S/C24H35N3O2S/c1-15(2)27-20(10-11-22(25)28)21(30)13-16(23(29)24(3,4)5)12-17-14-26-19-9-7-6-8-18(17)19/h6-9,14-16,20,26-27H,10-13H2,1-5H3,(H2,25,28)/t16?,20-/m0/s1. The van der Waals surface area contributed by atoms with Crippen molar-refractivity contribution in [1.29, 1.82) is 0 Å². The molecule has 0 saturated carbocycles. The van der Waals surface area contributed by atoms with E-state index in [4.69, 9.17) is 18.0 Å². The van der Waals surface area contributed by atoms with Gasteiger partial charge in [0.05, 0.1) is 0 Å². The molecule has 0 aliphatic carbocycles. The molecule has 0 saturated heterocycles. The third kappa shape index (κ3) is 6.74. The third-order valence-corrected chi connectivity index (χ3v) is 5.75. The highest BCUT2D eigenvalue weighted by atomic mass is 32.1. The quantitative estimate of drug-likeness (QED) is 0.464. The van der Waals surface area contributed by atoms with Crippen molar-refractivity contribution >= 4 is 39.7 Å². The first-order chi connectivity index (χ1) is 14.0. The molecule has 2 aromatic rings. The van der Waals surface area contributed by atoms with Gasteiger partial charge >= 0.3 is 0 Å². The van der Waals surface area contributed by atoms with E-state index in [2.05, 4.69) is 16.4 Å². The molecule has 6 heteroatoms. The molecule has 1 aromatic carbocycles. The molecule has 1 heterocycles. The Kier molecular flexibility index (Phi) is 8.33. The van der Waals surface area contributed by atoms with Gasteiger partial charge in [-0.15, -0.1) is 0 Å². The zero-order chi connectivity index (χ0) is 22.5. The summed E-state index contributed by atoms with van der Waals surface area (Å²) in [5.74, 6) is -0.357. The SMILES string of the molecule is CC(C)N[C@@H](CCC(N)=O)C(=S)CC(Cc1c[nH]c2ccccc12)C(=O)C(C)(C)C. The summed E-state index contributed by atoms with van der Waals surface area (Å²) in [5.41, 5.74) is 7.09. The Morgan fingerprint density at radius 2 is 1.87 bits per heavy atom. The van der Waals surface area contributed by atoms with E-state index in [0.717, 1.165) is 21.3 Å². The number of para-hydroxylation sites is 1. The fourth-order valence-corrected chi connectivity index (χ4v) is 4.23. The van der Waals surface area contributed by atoms with Gasteiger partial charge in [-0.3, -0.25) is 9.59 Å². The minimum atomic E-state index is -0.458. The largest absolute Gasteiger partial charge is 0.370 e. The highest BCUT2D eigenvalue weighted by Crippen LogP contribution is 2.29. The van der Waals surface area contributed by atoms with Crippen LogP contribution in [0.3, 0.4) is 0 Å². The molecule has 0 aliphatic rings. The van der Waals surface area contributed by atoms with Gasteiger partial charge in [0.15, 0.2) is 0 Å². The Bertz CT molecular complexity index is 895. The van der Waals surface area contributed by atoms with Crippen LogP contribution < -0.4 is 11.1 Å². The molecule has 2 atom stereocenters. The van der Waals surface area contributed by atoms with Crippen LogP contribution in [0.2, 0.25) is 0 Å². The molecule has 0 aliphatic heterocycles. The molecule has 1 unspecified atom stereocenters. The van der Waals surface area contributed by atoms with Gasteiger partial charge < -0.3 is 16.0 Å². The van der Waals surface area contributed by atoms with Crippen molar-refractivity contribution in [2.24, 2.45) is 17.1 Å². The van der Waals surface area contributed by atoms with Gasteiger partial charge in [-0.25, -0.2) is 0 Å². The lowest BCUT2D eigenvalue weighted by atomic mass is 9.77. The van der Waals surface area contributed by atoms with Crippen LogP contribution in [0.25, 0.3) is 10.9 Å². The van der Waals surface area contributed by atoms with Gasteiger partial charge in [-0.05, 0) is 30.9 Å². The molecule has 2 rings (SSSR count). The van der Waals surface area contributed by atoms with Gasteiger partial charge in [-0.1, -0.05) is 65.0 Å². The van der Waals surface area contributed by atoms with Crippen molar-refractivity contribution < 1.29 is 9.59 Å². The monoisotopic (exact) mass is 429 g/mol. The number of primary amides is 1. The van der Waals surface area contributed by atoms with Crippen molar-refractivity contribution in [2.75, 3.05) is 0 Å². The zero-order valence-electron chi connectivity index (χ0n) is 18.7. The number of carbonyl (C=O) groups excluding carboxylic acids is 2. The summed E-state index contributed by atoms with van der Waals surface area (Å²) in [7, 11) is 0. The average molecular weight is 430 g/mol. The molecule has 1 aromatic heterocycles. The number of ketones is 1. The summed E-state index contributed by atoms with van der Waals surface area (Å²) >= 11 is 5.78. The fourth-order valence-electron chi connectivity index (χ4n) is 3.85. The predicted octanol–water partition coefficient (Wildman–Crippen LogP) is 4.33. The van der Waals surface area contributed by atoms with Crippen LogP contribution in [0.5, 0.6) is 0 Å². The summed E-state index contributed by atoms with van der Waals surface area (Å²) in [4.78, 5) is 28.7. The van der Waals surface area contributed by atoms with Crippen LogP contribution in [-0.2, 0) is 16.0 Å². The lowest BCUT2D eigenvalue weighted by Gasteiger charge is -2.28. The minimum absolute atomic E-state index is 0.120. The number of aromatic amines is 1. The van der Waals surface area contributed by atoms with Gasteiger partial charge in [0.2, 0.25) is 5.91 Å². The molecule has 1 amide bonds. The number of fused-ring (bicyclic) bond motifs is 1. The van der Waals surface area contributed by atoms with Gasteiger partial charge in [0.25, 0.3) is 0 Å². The number of nitrogens with one attached hydrogen (secondary N) is 2. The summed E-state index contributed by atoms with van der Waals surface area (Å²) in [6, 6.07) is 8.22. The average Bonchev–Trinajstić information content (AvgIpc) is 3.05. The number of nitrogens with two attached hydrogens (primary N) is 1. The van der Waals surface area contributed by atoms with E-state index in [-0.39, 0.29) is 36.1 Å². The van der Waals surface area contributed by atoms with Crippen molar-refractivity contribution in [1.82, 2.24) is 10.3 Å². The highest BCUT2D eigenvalue weighted by Gasteiger charge is 2.32. The Hall–Kier alpha value is -2.05. The number of hydrogen-bond donors (Lipinski definition) is 3. The summed E-state index contributed by atoms with van der Waals surface area (Å²) in [6.07, 6.45) is 3.95. The predicted molar refractivity (Wildman–Crippen MR) is 128 cm³/mol. The number of H-pyrrole nitrogens is 1. The van der Waals surface area contributed by atoms with Crippen molar-refractivity contribution in [2.45, 2.75) is 72.4 Å². The summed E-state index contributed by atoms with van der Waals surface area (Å²) < 4.78 is 0. The molecule has 0 radical (unpaired) electrons. The number of aromatic nitrogens is 1. The number of amides is 1. The number of hydrogen-bond acceptors (Lipinski definition) is 4. The van der Waals surface area contributed by atoms with E-state index >= 15 is 0 Å². The van der Waals surface area contributed by atoms with Crippen molar-refractivity contribution in [3.63, 3.8) is 0 Å². The molecule has 4 N–H and O–H groups in total. The molecule has 30 heavy (non-hydrogen) atoms. The number of rotatable bonds is 11. The molecule has 0 fully saturated rings. The second kappa shape index (κ2) is 10.3. The lowest BCUT2D eigenvalue weighted by molar-refractivity contribution is -0.130. The molecular weight excluding hydrogens is 394 g/mol. The smallest absolute Gasteiger partial charge is 0.217 e. The van der Waals surface area contributed by atoms with Crippen molar-refractivity contribution in [3.05, 3.63) is 36.0 Å². The van der Waals surface area contributed by atoms with Crippen LogP contribution in [0, 0.1) is 11.3 Å². The van der Waals surface area contributed by atoms with Crippen LogP contribution >= 0.6 is 12.2 Å². The number of thiocarbonyl (C=S) groups is 1. The molecule has 5 nitrogen and oxygen atoms in total. The van der Waals surface area contributed by atoms with E-state index < -0.39 is 5.41 Å². The maximum atomic E-state index is 13.3. The Morgan fingerprint density at radius 1 is 1.20 bits per heavy atom. The third-order valence-electron chi connectivity index (χ3n) is 5.30. The maximum Gasteiger partial charge on any atom is 0.217 e. The number of carbonyl (C=O) groups is 2. The van der Waals surface area contributed by atoms with E-state index in [1.54, 1.807) is 0 Å².